The third-order valence-corrected chi connectivity index (χ3v) is 4.57. The number of hydrogen-bond acceptors (Lipinski definition) is 4. The Hall–Kier alpha value is -3.15. The van der Waals surface area contributed by atoms with Gasteiger partial charge in [-0.15, -0.1) is 0 Å². The van der Waals surface area contributed by atoms with Crippen molar-refractivity contribution in [2.24, 2.45) is 0 Å². The Kier molecular flexibility index (Phi) is 5.54. The normalized spacial score (nSPS) is 16.1. The molecular formula is C21H23N3O3. The van der Waals surface area contributed by atoms with Crippen LogP contribution in [-0.2, 0) is 9.59 Å². The minimum absolute atomic E-state index is 0.182. The van der Waals surface area contributed by atoms with Crippen molar-refractivity contribution in [2.75, 3.05) is 11.9 Å². The molecule has 140 valence electrons. The summed E-state index contributed by atoms with van der Waals surface area (Å²) in [5.74, 6) is 0.964. The van der Waals surface area contributed by atoms with Gasteiger partial charge < -0.3 is 15.0 Å². The van der Waals surface area contributed by atoms with Crippen LogP contribution < -0.4 is 10.1 Å². The topological polar surface area (TPSA) is 71.5 Å². The first-order valence-electron chi connectivity index (χ1n) is 8.93. The van der Waals surface area contributed by atoms with Crippen LogP contribution in [-0.4, -0.2) is 34.3 Å². The van der Waals surface area contributed by atoms with Gasteiger partial charge in [0.25, 0.3) is 0 Å². The maximum atomic E-state index is 12.6. The number of amides is 2. The maximum Gasteiger partial charge on any atom is 0.247 e. The minimum Gasteiger partial charge on any atom is -0.455 e. The van der Waals surface area contributed by atoms with Gasteiger partial charge in [0.1, 0.15) is 17.5 Å². The van der Waals surface area contributed by atoms with Gasteiger partial charge in [-0.05, 0) is 68.7 Å². The predicted molar refractivity (Wildman–Crippen MR) is 104 cm³/mol. The van der Waals surface area contributed by atoms with Crippen molar-refractivity contribution in [3.63, 3.8) is 0 Å². The second kappa shape index (κ2) is 8.03. The van der Waals surface area contributed by atoms with Gasteiger partial charge in [-0.1, -0.05) is 6.58 Å². The number of ether oxygens (including phenoxy) is 1. The molecule has 1 unspecified atom stereocenters. The Morgan fingerprint density at radius 3 is 2.78 bits per heavy atom. The summed E-state index contributed by atoms with van der Waals surface area (Å²) in [6.45, 7) is 7.91. The highest BCUT2D eigenvalue weighted by Crippen LogP contribution is 2.27. The molecule has 1 aromatic heterocycles. The SMILES string of the molecule is C=CC(=O)N1CCCC1C(=O)Nc1ccc(Oc2ccc(C)nc2)c(C)c1. The quantitative estimate of drug-likeness (QED) is 0.822. The second-order valence-electron chi connectivity index (χ2n) is 6.60. The second-order valence-corrected chi connectivity index (χ2v) is 6.60. The summed E-state index contributed by atoms with van der Waals surface area (Å²) in [5, 5.41) is 2.90. The summed E-state index contributed by atoms with van der Waals surface area (Å²) in [6, 6.07) is 8.75. The zero-order valence-corrected chi connectivity index (χ0v) is 15.6. The molecule has 2 aromatic rings. The molecule has 1 aromatic carbocycles. The molecule has 27 heavy (non-hydrogen) atoms. The van der Waals surface area contributed by atoms with Gasteiger partial charge in [0.15, 0.2) is 0 Å². The van der Waals surface area contributed by atoms with Crippen molar-refractivity contribution in [1.82, 2.24) is 9.88 Å². The van der Waals surface area contributed by atoms with E-state index in [0.29, 0.717) is 30.2 Å². The fraction of sp³-hybridized carbons (Fsp3) is 0.286. The van der Waals surface area contributed by atoms with Crippen molar-refractivity contribution in [2.45, 2.75) is 32.7 Å². The summed E-state index contributed by atoms with van der Waals surface area (Å²) >= 11 is 0. The molecule has 1 saturated heterocycles. The molecule has 1 N–H and O–H groups in total. The van der Waals surface area contributed by atoms with Crippen molar-refractivity contribution in [3.8, 4) is 11.5 Å². The van der Waals surface area contributed by atoms with Crippen LogP contribution in [0, 0.1) is 13.8 Å². The zero-order valence-electron chi connectivity index (χ0n) is 15.6. The monoisotopic (exact) mass is 365 g/mol. The molecule has 0 radical (unpaired) electrons. The molecule has 1 aliphatic heterocycles. The van der Waals surface area contributed by atoms with Gasteiger partial charge in [-0.25, -0.2) is 0 Å². The molecule has 1 aliphatic rings. The number of aryl methyl sites for hydroxylation is 2. The number of benzene rings is 1. The number of likely N-dealkylation sites (tertiary alicyclic amines) is 1. The lowest BCUT2D eigenvalue weighted by Crippen LogP contribution is -2.42. The lowest BCUT2D eigenvalue weighted by molar-refractivity contribution is -0.132. The van der Waals surface area contributed by atoms with Crippen LogP contribution in [0.25, 0.3) is 0 Å². The van der Waals surface area contributed by atoms with Crippen molar-refractivity contribution in [1.29, 1.82) is 0 Å². The molecule has 1 fully saturated rings. The summed E-state index contributed by atoms with van der Waals surface area (Å²) in [4.78, 5) is 30.2. The van der Waals surface area contributed by atoms with Crippen LogP contribution >= 0.6 is 0 Å². The van der Waals surface area contributed by atoms with E-state index in [1.807, 2.05) is 38.1 Å². The van der Waals surface area contributed by atoms with E-state index in [1.165, 1.54) is 6.08 Å². The Morgan fingerprint density at radius 2 is 2.11 bits per heavy atom. The minimum atomic E-state index is -0.453. The molecule has 1 atom stereocenters. The van der Waals surface area contributed by atoms with Gasteiger partial charge >= 0.3 is 0 Å². The largest absolute Gasteiger partial charge is 0.455 e. The molecule has 6 heteroatoms. The fourth-order valence-corrected chi connectivity index (χ4v) is 3.13. The average Bonchev–Trinajstić information content (AvgIpc) is 3.15. The highest BCUT2D eigenvalue weighted by Gasteiger charge is 2.32. The van der Waals surface area contributed by atoms with Crippen molar-refractivity contribution < 1.29 is 14.3 Å². The fourth-order valence-electron chi connectivity index (χ4n) is 3.13. The Morgan fingerprint density at radius 1 is 1.30 bits per heavy atom. The van der Waals surface area contributed by atoms with Crippen molar-refractivity contribution >= 4 is 17.5 Å². The summed E-state index contributed by atoms with van der Waals surface area (Å²) in [5.41, 5.74) is 2.48. The number of anilines is 1. The van der Waals surface area contributed by atoms with Crippen LogP contribution in [0.15, 0.2) is 49.2 Å². The number of rotatable bonds is 5. The smallest absolute Gasteiger partial charge is 0.247 e. The molecule has 2 heterocycles. The highest BCUT2D eigenvalue weighted by atomic mass is 16.5. The van der Waals surface area contributed by atoms with Crippen LogP contribution in [0.5, 0.6) is 11.5 Å². The number of pyridine rings is 1. The number of carbonyl (C=O) groups is 2. The number of hydrogen-bond donors (Lipinski definition) is 1. The first-order chi connectivity index (χ1) is 13.0. The molecule has 0 saturated carbocycles. The number of nitrogens with zero attached hydrogens (tertiary/aromatic N) is 2. The standard InChI is InChI=1S/C21H23N3O3/c1-4-20(25)24-11-5-6-18(24)21(26)23-16-8-10-19(14(2)12-16)27-17-9-7-15(3)22-13-17/h4,7-10,12-13,18H,1,5-6,11H2,2-3H3,(H,23,26). The Labute approximate surface area is 158 Å². The summed E-state index contributed by atoms with van der Waals surface area (Å²) < 4.78 is 5.85. The third kappa shape index (κ3) is 4.34. The molecule has 0 aliphatic carbocycles. The van der Waals surface area contributed by atoms with Gasteiger partial charge in [0.05, 0.1) is 6.20 Å². The molecule has 0 spiro atoms. The lowest BCUT2D eigenvalue weighted by atomic mass is 10.1. The van der Waals surface area contributed by atoms with E-state index in [2.05, 4.69) is 16.9 Å². The predicted octanol–water partition coefficient (Wildman–Crippen LogP) is 3.61. The van der Waals surface area contributed by atoms with Gasteiger partial charge in [0, 0.05) is 17.9 Å². The zero-order chi connectivity index (χ0) is 19.4. The van der Waals surface area contributed by atoms with E-state index in [-0.39, 0.29) is 11.8 Å². The van der Waals surface area contributed by atoms with Gasteiger partial charge in [-0.3, -0.25) is 14.6 Å². The number of nitrogens with one attached hydrogen (secondary N) is 1. The van der Waals surface area contributed by atoms with Crippen LogP contribution in [0.4, 0.5) is 5.69 Å². The molecular weight excluding hydrogens is 342 g/mol. The van der Waals surface area contributed by atoms with E-state index < -0.39 is 6.04 Å². The van der Waals surface area contributed by atoms with E-state index in [9.17, 15) is 9.59 Å². The van der Waals surface area contributed by atoms with Gasteiger partial charge in [0.2, 0.25) is 11.8 Å². The van der Waals surface area contributed by atoms with E-state index in [0.717, 1.165) is 17.7 Å². The Bertz CT molecular complexity index is 861. The van der Waals surface area contributed by atoms with Crippen LogP contribution in [0.2, 0.25) is 0 Å². The maximum absolute atomic E-state index is 12.6. The first-order valence-corrected chi connectivity index (χ1v) is 8.93. The van der Waals surface area contributed by atoms with E-state index in [4.69, 9.17) is 4.74 Å². The average molecular weight is 365 g/mol. The van der Waals surface area contributed by atoms with Gasteiger partial charge in [-0.2, -0.15) is 0 Å². The summed E-state index contributed by atoms with van der Waals surface area (Å²) in [7, 11) is 0. The van der Waals surface area contributed by atoms with Crippen molar-refractivity contribution in [3.05, 3.63) is 60.4 Å². The highest BCUT2D eigenvalue weighted by molar-refractivity contribution is 5.99. The van der Waals surface area contributed by atoms with Crippen LogP contribution in [0.3, 0.4) is 0 Å². The first kappa shape index (κ1) is 18.6. The van der Waals surface area contributed by atoms with E-state index >= 15 is 0 Å². The molecule has 6 nitrogen and oxygen atoms in total. The summed E-state index contributed by atoms with van der Waals surface area (Å²) in [6.07, 6.45) is 4.40. The molecule has 0 bridgehead atoms. The number of carbonyl (C=O) groups excluding carboxylic acids is 2. The molecule has 2 amide bonds. The van der Waals surface area contributed by atoms with Crippen LogP contribution in [0.1, 0.15) is 24.1 Å². The Balaban J connectivity index is 1.68. The van der Waals surface area contributed by atoms with E-state index in [1.54, 1.807) is 17.2 Å². The third-order valence-electron chi connectivity index (χ3n) is 4.57. The number of aromatic nitrogens is 1. The molecule has 3 rings (SSSR count). The lowest BCUT2D eigenvalue weighted by Gasteiger charge is -2.22.